The maximum atomic E-state index is 11.1. The second-order valence-electron chi connectivity index (χ2n) is 4.63. The molecular formula is C12H14BrNO2. The molecule has 0 spiro atoms. The molecule has 1 aromatic rings. The van der Waals surface area contributed by atoms with Gasteiger partial charge in [0.15, 0.2) is 0 Å². The number of carboxylic acid groups (broad SMARTS) is 1. The summed E-state index contributed by atoms with van der Waals surface area (Å²) in [5.41, 5.74) is 1.36. The summed E-state index contributed by atoms with van der Waals surface area (Å²) in [6.45, 7) is 3.04. The van der Waals surface area contributed by atoms with Crippen LogP contribution in [0.2, 0.25) is 0 Å². The zero-order valence-electron chi connectivity index (χ0n) is 9.09. The number of anilines is 1. The number of benzene rings is 1. The maximum Gasteiger partial charge on any atom is 0.338 e. The Morgan fingerprint density at radius 1 is 1.56 bits per heavy atom. The SMILES string of the molecule is CC1(CNc2cccc(Br)c2C(=O)O)CC1. The summed E-state index contributed by atoms with van der Waals surface area (Å²) in [7, 11) is 0. The number of hydrogen-bond acceptors (Lipinski definition) is 2. The second kappa shape index (κ2) is 4.09. The number of hydrogen-bond donors (Lipinski definition) is 2. The summed E-state index contributed by atoms with van der Waals surface area (Å²) in [6, 6.07) is 5.39. The number of carbonyl (C=O) groups is 1. The van der Waals surface area contributed by atoms with Crippen molar-refractivity contribution in [3.05, 3.63) is 28.2 Å². The Hall–Kier alpha value is -1.03. The van der Waals surface area contributed by atoms with Gasteiger partial charge in [-0.3, -0.25) is 0 Å². The van der Waals surface area contributed by atoms with Gasteiger partial charge in [-0.2, -0.15) is 0 Å². The Balaban J connectivity index is 2.19. The van der Waals surface area contributed by atoms with Crippen molar-refractivity contribution in [3.63, 3.8) is 0 Å². The Morgan fingerprint density at radius 3 is 2.81 bits per heavy atom. The van der Waals surface area contributed by atoms with Crippen LogP contribution in [0, 0.1) is 5.41 Å². The first-order valence-electron chi connectivity index (χ1n) is 5.27. The number of carboxylic acids is 1. The topological polar surface area (TPSA) is 49.3 Å². The highest BCUT2D eigenvalue weighted by atomic mass is 79.9. The predicted octanol–water partition coefficient (Wildman–Crippen LogP) is 3.36. The van der Waals surface area contributed by atoms with Gasteiger partial charge < -0.3 is 10.4 Å². The van der Waals surface area contributed by atoms with Crippen molar-refractivity contribution in [1.82, 2.24) is 0 Å². The fourth-order valence-electron chi connectivity index (χ4n) is 1.59. The predicted molar refractivity (Wildman–Crippen MR) is 66.9 cm³/mol. The van der Waals surface area contributed by atoms with E-state index >= 15 is 0 Å². The van der Waals surface area contributed by atoms with Crippen LogP contribution in [0.25, 0.3) is 0 Å². The van der Waals surface area contributed by atoms with Gasteiger partial charge in [0.25, 0.3) is 0 Å². The van der Waals surface area contributed by atoms with Gasteiger partial charge in [-0.25, -0.2) is 4.79 Å². The van der Waals surface area contributed by atoms with Crippen LogP contribution >= 0.6 is 15.9 Å². The van der Waals surface area contributed by atoms with Crippen molar-refractivity contribution in [3.8, 4) is 0 Å². The zero-order valence-corrected chi connectivity index (χ0v) is 10.7. The minimum Gasteiger partial charge on any atom is -0.478 e. The van der Waals surface area contributed by atoms with Gasteiger partial charge in [-0.15, -0.1) is 0 Å². The van der Waals surface area contributed by atoms with Gasteiger partial charge in [-0.05, 0) is 46.3 Å². The van der Waals surface area contributed by atoms with Gasteiger partial charge in [0.1, 0.15) is 0 Å². The van der Waals surface area contributed by atoms with Gasteiger partial charge in [0, 0.05) is 16.7 Å². The average molecular weight is 284 g/mol. The van der Waals surface area contributed by atoms with Crippen molar-refractivity contribution >= 4 is 27.6 Å². The fraction of sp³-hybridized carbons (Fsp3) is 0.417. The van der Waals surface area contributed by atoms with Crippen molar-refractivity contribution in [2.75, 3.05) is 11.9 Å². The summed E-state index contributed by atoms with van der Waals surface area (Å²) in [5.74, 6) is -0.907. The molecule has 0 aromatic heterocycles. The van der Waals surface area contributed by atoms with E-state index in [1.807, 2.05) is 6.07 Å². The number of aromatic carboxylic acids is 1. The summed E-state index contributed by atoms with van der Waals surface area (Å²) in [4.78, 5) is 11.1. The standard InChI is InChI=1S/C12H14BrNO2/c1-12(5-6-12)7-14-9-4-2-3-8(13)10(9)11(15)16/h2-4,14H,5-7H2,1H3,(H,15,16). The number of halogens is 1. The Kier molecular flexibility index (Phi) is 2.93. The first-order chi connectivity index (χ1) is 7.52. The first-order valence-corrected chi connectivity index (χ1v) is 6.07. The van der Waals surface area contributed by atoms with E-state index in [0.29, 0.717) is 21.1 Å². The molecule has 1 saturated carbocycles. The lowest BCUT2D eigenvalue weighted by Gasteiger charge is -2.14. The highest BCUT2D eigenvalue weighted by Crippen LogP contribution is 2.45. The van der Waals surface area contributed by atoms with Gasteiger partial charge in [-0.1, -0.05) is 13.0 Å². The normalized spacial score (nSPS) is 16.9. The van der Waals surface area contributed by atoms with E-state index in [1.165, 1.54) is 12.8 Å². The van der Waals surface area contributed by atoms with Crippen molar-refractivity contribution in [1.29, 1.82) is 0 Å². The van der Waals surface area contributed by atoms with Crippen LogP contribution in [-0.2, 0) is 0 Å². The molecule has 1 aromatic carbocycles. The third kappa shape index (κ3) is 2.38. The van der Waals surface area contributed by atoms with Gasteiger partial charge in [0.05, 0.1) is 5.56 Å². The van der Waals surface area contributed by atoms with Gasteiger partial charge in [0.2, 0.25) is 0 Å². The molecular weight excluding hydrogens is 270 g/mol. The van der Waals surface area contributed by atoms with Crippen LogP contribution in [0.4, 0.5) is 5.69 Å². The minimum absolute atomic E-state index is 0.312. The molecule has 1 aliphatic rings. The maximum absolute atomic E-state index is 11.1. The Bertz CT molecular complexity index is 427. The van der Waals surface area contributed by atoms with Crippen LogP contribution in [-0.4, -0.2) is 17.6 Å². The smallest absolute Gasteiger partial charge is 0.338 e. The second-order valence-corrected chi connectivity index (χ2v) is 5.49. The van der Waals surface area contributed by atoms with Crippen LogP contribution in [0.1, 0.15) is 30.1 Å². The molecule has 4 heteroatoms. The zero-order chi connectivity index (χ0) is 11.8. The summed E-state index contributed by atoms with van der Waals surface area (Å²) in [6.07, 6.45) is 2.44. The van der Waals surface area contributed by atoms with Gasteiger partial charge >= 0.3 is 5.97 Å². The van der Waals surface area contributed by atoms with E-state index in [9.17, 15) is 4.79 Å². The molecule has 1 aliphatic carbocycles. The Labute approximate surface area is 103 Å². The lowest BCUT2D eigenvalue weighted by Crippen LogP contribution is -2.14. The monoisotopic (exact) mass is 283 g/mol. The Morgan fingerprint density at radius 2 is 2.25 bits per heavy atom. The molecule has 16 heavy (non-hydrogen) atoms. The fourth-order valence-corrected chi connectivity index (χ4v) is 2.12. The molecule has 0 radical (unpaired) electrons. The van der Waals surface area contributed by atoms with Crippen LogP contribution < -0.4 is 5.32 Å². The molecule has 2 N–H and O–H groups in total. The highest BCUT2D eigenvalue weighted by molar-refractivity contribution is 9.10. The minimum atomic E-state index is -0.907. The number of nitrogens with one attached hydrogen (secondary N) is 1. The lowest BCUT2D eigenvalue weighted by molar-refractivity contribution is 0.0697. The van der Waals surface area contributed by atoms with Crippen molar-refractivity contribution < 1.29 is 9.90 Å². The molecule has 0 aliphatic heterocycles. The van der Waals surface area contributed by atoms with E-state index in [2.05, 4.69) is 28.2 Å². The van der Waals surface area contributed by atoms with Crippen molar-refractivity contribution in [2.24, 2.45) is 5.41 Å². The third-order valence-corrected chi connectivity index (χ3v) is 3.70. The largest absolute Gasteiger partial charge is 0.478 e. The lowest BCUT2D eigenvalue weighted by atomic mass is 10.1. The quantitative estimate of drug-likeness (QED) is 0.891. The molecule has 1 fully saturated rings. The summed E-state index contributed by atoms with van der Waals surface area (Å²) < 4.78 is 0.617. The van der Waals surface area contributed by atoms with Crippen LogP contribution in [0.5, 0.6) is 0 Å². The van der Waals surface area contributed by atoms with E-state index in [4.69, 9.17) is 5.11 Å². The van der Waals surface area contributed by atoms with Crippen LogP contribution in [0.15, 0.2) is 22.7 Å². The van der Waals surface area contributed by atoms with E-state index < -0.39 is 5.97 Å². The van der Waals surface area contributed by atoms with Crippen LogP contribution in [0.3, 0.4) is 0 Å². The molecule has 0 saturated heterocycles. The third-order valence-electron chi connectivity index (χ3n) is 3.04. The highest BCUT2D eigenvalue weighted by Gasteiger charge is 2.37. The number of rotatable bonds is 4. The first kappa shape index (κ1) is 11.5. The van der Waals surface area contributed by atoms with Crippen molar-refractivity contribution in [2.45, 2.75) is 19.8 Å². The van der Waals surface area contributed by atoms with E-state index in [-0.39, 0.29) is 0 Å². The molecule has 0 atom stereocenters. The average Bonchev–Trinajstić information content (AvgIpc) is 2.94. The molecule has 2 rings (SSSR count). The molecule has 86 valence electrons. The summed E-state index contributed by atoms with van der Waals surface area (Å²) >= 11 is 3.26. The van der Waals surface area contributed by atoms with E-state index in [0.717, 1.165) is 6.54 Å². The van der Waals surface area contributed by atoms with E-state index in [1.54, 1.807) is 12.1 Å². The molecule has 3 nitrogen and oxygen atoms in total. The molecule has 0 heterocycles. The summed E-state index contributed by atoms with van der Waals surface area (Å²) in [5, 5.41) is 12.3. The molecule has 0 amide bonds. The molecule has 0 bridgehead atoms. The molecule has 0 unspecified atom stereocenters.